The normalized spacial score (nSPS) is 14.2. The van der Waals surface area contributed by atoms with Gasteiger partial charge >= 0.3 is 0 Å². The van der Waals surface area contributed by atoms with Gasteiger partial charge in [-0.25, -0.2) is 8.78 Å². The lowest BCUT2D eigenvalue weighted by molar-refractivity contribution is 0.241. The number of rotatable bonds is 16. The largest absolute Gasteiger partial charge is 0.487 e. The van der Waals surface area contributed by atoms with E-state index in [4.69, 9.17) is 4.74 Å². The third kappa shape index (κ3) is 10.4. The van der Waals surface area contributed by atoms with Crippen LogP contribution in [0.3, 0.4) is 0 Å². The van der Waals surface area contributed by atoms with Gasteiger partial charge in [-0.05, 0) is 46.6 Å². The Morgan fingerprint density at radius 1 is 0.848 bits per heavy atom. The molecule has 0 aromatic carbocycles. The van der Waals surface area contributed by atoms with Gasteiger partial charge in [0.25, 0.3) is 0 Å². The van der Waals surface area contributed by atoms with Crippen LogP contribution in [0.1, 0.15) is 40.0 Å². The van der Waals surface area contributed by atoms with Crippen molar-refractivity contribution in [1.82, 2.24) is 0 Å². The van der Waals surface area contributed by atoms with Gasteiger partial charge in [0, 0.05) is 5.57 Å². The van der Waals surface area contributed by atoms with Crippen LogP contribution in [0.25, 0.3) is 0 Å². The van der Waals surface area contributed by atoms with Crippen LogP contribution in [0.15, 0.2) is 121 Å². The van der Waals surface area contributed by atoms with Crippen LogP contribution in [-0.2, 0) is 4.74 Å². The van der Waals surface area contributed by atoms with Crippen LogP contribution >= 0.6 is 0 Å². The van der Waals surface area contributed by atoms with E-state index in [1.807, 2.05) is 6.92 Å². The quantitative estimate of drug-likeness (QED) is 0.127. The maximum Gasteiger partial charge on any atom is 0.200 e. The number of halogens is 3. The molecule has 0 heterocycles. The van der Waals surface area contributed by atoms with E-state index in [1.165, 1.54) is 24.3 Å². The minimum atomic E-state index is -1.27. The molecule has 2 unspecified atom stereocenters. The Hall–Kier alpha value is -3.01. The Kier molecular flexibility index (Phi) is 13.6. The maximum atomic E-state index is 14.6. The second kappa shape index (κ2) is 14.9. The molecule has 0 aliphatic rings. The first-order valence-corrected chi connectivity index (χ1v) is 10.9. The lowest BCUT2D eigenvalue weighted by Gasteiger charge is -2.16. The molecule has 0 aromatic rings. The molecule has 2 atom stereocenters. The Balaban J connectivity index is 5.14. The average molecular weight is 459 g/mol. The summed E-state index contributed by atoms with van der Waals surface area (Å²) in [6, 6.07) is 0. The van der Waals surface area contributed by atoms with E-state index >= 15 is 0 Å². The molecule has 4 heteroatoms. The van der Waals surface area contributed by atoms with Gasteiger partial charge < -0.3 is 4.74 Å². The molecule has 0 N–H and O–H groups in total. The van der Waals surface area contributed by atoms with E-state index in [1.54, 1.807) is 0 Å². The predicted molar refractivity (Wildman–Crippen MR) is 136 cm³/mol. The minimum Gasteiger partial charge on any atom is -0.487 e. The fourth-order valence-electron chi connectivity index (χ4n) is 2.51. The van der Waals surface area contributed by atoms with E-state index in [9.17, 15) is 13.2 Å². The van der Waals surface area contributed by atoms with Crippen LogP contribution in [0.4, 0.5) is 13.2 Å². The molecule has 0 radical (unpaired) electrons. The van der Waals surface area contributed by atoms with Crippen molar-refractivity contribution in [2.75, 3.05) is 6.61 Å². The highest BCUT2D eigenvalue weighted by Gasteiger charge is 2.16. The lowest BCUT2D eigenvalue weighted by Crippen LogP contribution is -2.03. The van der Waals surface area contributed by atoms with Gasteiger partial charge in [-0.1, -0.05) is 97.9 Å². The van der Waals surface area contributed by atoms with Crippen molar-refractivity contribution < 1.29 is 17.9 Å². The molecule has 0 amide bonds. The van der Waals surface area contributed by atoms with E-state index in [0.29, 0.717) is 22.6 Å². The zero-order chi connectivity index (χ0) is 25.7. The summed E-state index contributed by atoms with van der Waals surface area (Å²) in [5, 5.41) is 0. The summed E-state index contributed by atoms with van der Waals surface area (Å²) in [5.74, 6) is -2.85. The van der Waals surface area contributed by atoms with Gasteiger partial charge in [-0.3, -0.25) is 0 Å². The molecule has 0 aliphatic heterocycles. The molecular weight excluding hydrogens is 421 g/mol. The van der Waals surface area contributed by atoms with Crippen molar-refractivity contribution in [1.29, 1.82) is 0 Å². The molecule has 0 saturated carbocycles. The summed E-state index contributed by atoms with van der Waals surface area (Å²) in [7, 11) is 0. The van der Waals surface area contributed by atoms with Gasteiger partial charge in [0.1, 0.15) is 12.4 Å². The van der Waals surface area contributed by atoms with Crippen LogP contribution in [-0.4, -0.2) is 6.61 Å². The molecule has 0 bridgehead atoms. The van der Waals surface area contributed by atoms with Crippen LogP contribution in [0.2, 0.25) is 0 Å². The van der Waals surface area contributed by atoms with Gasteiger partial charge in [0.2, 0.25) is 5.83 Å². The van der Waals surface area contributed by atoms with Crippen molar-refractivity contribution >= 4 is 0 Å². The first kappa shape index (κ1) is 30.0. The second-order valence-electron chi connectivity index (χ2n) is 8.05. The summed E-state index contributed by atoms with van der Waals surface area (Å²) in [4.78, 5) is 0. The fraction of sp³-hybridized carbons (Fsp3) is 0.310. The number of allylic oxidation sites excluding steroid dienone is 11. The molecule has 0 saturated heterocycles. The highest BCUT2D eigenvalue weighted by molar-refractivity contribution is 5.52. The summed E-state index contributed by atoms with van der Waals surface area (Å²) in [6.45, 7) is 31.7. The van der Waals surface area contributed by atoms with Crippen LogP contribution in [0, 0.1) is 11.8 Å². The van der Waals surface area contributed by atoms with Crippen LogP contribution < -0.4 is 0 Å². The summed E-state index contributed by atoms with van der Waals surface area (Å²) >= 11 is 0. The fourth-order valence-corrected chi connectivity index (χ4v) is 2.51. The molecule has 0 spiro atoms. The topological polar surface area (TPSA) is 9.23 Å². The maximum absolute atomic E-state index is 14.6. The zero-order valence-corrected chi connectivity index (χ0v) is 20.3. The predicted octanol–water partition coefficient (Wildman–Crippen LogP) is 9.51. The number of hydrogen-bond acceptors (Lipinski definition) is 1. The molecule has 33 heavy (non-hydrogen) atoms. The minimum absolute atomic E-state index is 0.00447. The second-order valence-corrected chi connectivity index (χ2v) is 8.05. The number of ether oxygens (including phenoxy) is 1. The molecule has 0 fully saturated rings. The monoisotopic (exact) mass is 458 g/mol. The summed E-state index contributed by atoms with van der Waals surface area (Å²) in [5.41, 5.74) is 0.931. The SMILES string of the molecule is C=CCOC(=C)/C(F)=C(/F)C(=C)C(=C)/C=C\C(=C)C(=C)/C=C(/F)C(=C)C(C)CCC(C)CC. The lowest BCUT2D eigenvalue weighted by atomic mass is 9.91. The Bertz CT molecular complexity index is 896. The van der Waals surface area contributed by atoms with Gasteiger partial charge in [-0.2, -0.15) is 4.39 Å². The third-order valence-electron chi connectivity index (χ3n) is 5.36. The standard InChI is InChI=1S/C29H37F3O/c1-11-17-33-26(10)29(32)28(31)25(9)22(6)16-15-20(4)23(7)18-27(30)24(8)21(5)14-13-19(3)12-2/h11,15-16,18-19,21H,1,4,6-10,12-14,17H2,2-3,5H3/b16-15-,27-18+,29-28-. The van der Waals surface area contributed by atoms with E-state index in [0.717, 1.165) is 19.3 Å². The summed E-state index contributed by atoms with van der Waals surface area (Å²) < 4.78 is 47.9. The highest BCUT2D eigenvalue weighted by atomic mass is 19.2. The van der Waals surface area contributed by atoms with Crippen molar-refractivity contribution in [2.24, 2.45) is 11.8 Å². The van der Waals surface area contributed by atoms with Gasteiger partial charge in [0.05, 0.1) is 0 Å². The van der Waals surface area contributed by atoms with E-state index in [2.05, 4.69) is 59.9 Å². The van der Waals surface area contributed by atoms with E-state index in [-0.39, 0.29) is 23.7 Å². The van der Waals surface area contributed by atoms with Crippen molar-refractivity contribution in [3.63, 3.8) is 0 Å². The number of hydrogen-bond donors (Lipinski definition) is 0. The average Bonchev–Trinajstić information content (AvgIpc) is 2.81. The molecule has 180 valence electrons. The van der Waals surface area contributed by atoms with Crippen LogP contribution in [0.5, 0.6) is 0 Å². The Labute approximate surface area is 198 Å². The molecular formula is C29H37F3O. The smallest absolute Gasteiger partial charge is 0.200 e. The van der Waals surface area contributed by atoms with Crippen molar-refractivity contribution in [3.8, 4) is 0 Å². The van der Waals surface area contributed by atoms with Crippen molar-refractivity contribution in [2.45, 2.75) is 40.0 Å². The van der Waals surface area contributed by atoms with Gasteiger partial charge in [-0.15, -0.1) is 0 Å². The summed E-state index contributed by atoms with van der Waals surface area (Å²) in [6.07, 6.45) is 8.46. The Morgan fingerprint density at radius 2 is 1.42 bits per heavy atom. The Morgan fingerprint density at radius 3 is 1.97 bits per heavy atom. The molecule has 0 aromatic heterocycles. The zero-order valence-electron chi connectivity index (χ0n) is 20.3. The highest BCUT2D eigenvalue weighted by Crippen LogP contribution is 2.29. The molecule has 1 nitrogen and oxygen atoms in total. The first-order chi connectivity index (χ1) is 15.4. The first-order valence-electron chi connectivity index (χ1n) is 10.9. The molecule has 0 aliphatic carbocycles. The van der Waals surface area contributed by atoms with E-state index < -0.39 is 23.2 Å². The van der Waals surface area contributed by atoms with Gasteiger partial charge in [0.15, 0.2) is 11.6 Å². The van der Waals surface area contributed by atoms with Crippen molar-refractivity contribution in [3.05, 3.63) is 121 Å². The third-order valence-corrected chi connectivity index (χ3v) is 5.36. The molecule has 0 rings (SSSR count).